The number of aromatic amines is 1. The average Bonchev–Trinajstić information content (AvgIpc) is 3.37. The predicted molar refractivity (Wildman–Crippen MR) is 104 cm³/mol. The van der Waals surface area contributed by atoms with Crippen molar-refractivity contribution < 1.29 is 9.53 Å². The van der Waals surface area contributed by atoms with Crippen LogP contribution in [0.25, 0.3) is 11.3 Å². The summed E-state index contributed by atoms with van der Waals surface area (Å²) < 4.78 is 7.71. The number of hydrogen-bond donors (Lipinski definition) is 1. The Morgan fingerprint density at radius 1 is 1.22 bits per heavy atom. The van der Waals surface area contributed by atoms with Crippen molar-refractivity contribution in [3.8, 4) is 17.0 Å². The fourth-order valence-electron chi connectivity index (χ4n) is 3.76. The van der Waals surface area contributed by atoms with Gasteiger partial charge in [0.2, 0.25) is 0 Å². The summed E-state index contributed by atoms with van der Waals surface area (Å²) >= 11 is 0. The van der Waals surface area contributed by atoms with Crippen LogP contribution in [0.1, 0.15) is 42.5 Å². The molecule has 6 nitrogen and oxygen atoms in total. The molecule has 1 atom stereocenters. The fourth-order valence-corrected chi connectivity index (χ4v) is 3.76. The number of carbonyl (C=O) groups excluding carboxylic acids is 1. The van der Waals surface area contributed by atoms with Gasteiger partial charge in [-0.15, -0.1) is 0 Å². The zero-order chi connectivity index (χ0) is 18.8. The lowest BCUT2D eigenvalue weighted by atomic mass is 10.1. The number of carbonyl (C=O) groups is 1. The molecular formula is C21H24N4O2. The predicted octanol–water partition coefficient (Wildman–Crippen LogP) is 3.88. The Kier molecular flexibility index (Phi) is 4.71. The number of amides is 1. The van der Waals surface area contributed by atoms with Crippen LogP contribution in [0.2, 0.25) is 0 Å². The van der Waals surface area contributed by atoms with E-state index in [4.69, 9.17) is 4.74 Å². The Labute approximate surface area is 158 Å². The molecule has 0 spiro atoms. The van der Waals surface area contributed by atoms with Crippen molar-refractivity contribution in [2.75, 3.05) is 13.2 Å². The van der Waals surface area contributed by atoms with Gasteiger partial charge in [0.05, 0.1) is 18.3 Å². The Hall–Kier alpha value is -3.02. The van der Waals surface area contributed by atoms with Gasteiger partial charge in [0, 0.05) is 30.5 Å². The topological polar surface area (TPSA) is 63.1 Å². The molecule has 1 N–H and O–H groups in total. The van der Waals surface area contributed by atoms with Gasteiger partial charge in [-0.05, 0) is 55.8 Å². The van der Waals surface area contributed by atoms with E-state index in [1.807, 2.05) is 48.2 Å². The van der Waals surface area contributed by atoms with Crippen molar-refractivity contribution in [1.82, 2.24) is 19.7 Å². The average molecular weight is 364 g/mol. The monoisotopic (exact) mass is 364 g/mol. The molecule has 1 aromatic carbocycles. The van der Waals surface area contributed by atoms with Crippen molar-refractivity contribution in [2.45, 2.75) is 32.9 Å². The second kappa shape index (κ2) is 7.31. The van der Waals surface area contributed by atoms with Crippen LogP contribution in [0.15, 0.2) is 48.7 Å². The molecule has 3 heterocycles. The molecule has 1 aliphatic rings. The highest BCUT2D eigenvalue weighted by atomic mass is 16.5. The number of nitrogens with one attached hydrogen (secondary N) is 1. The number of hydrogen-bond acceptors (Lipinski definition) is 3. The van der Waals surface area contributed by atoms with E-state index in [1.165, 1.54) is 5.69 Å². The Morgan fingerprint density at radius 3 is 2.78 bits per heavy atom. The SMILES string of the molecule is CCOc1ccc(-c2cc(C(=O)N3CCn4cccc4[C@@H]3CC)[nH]n2)cc1. The van der Waals surface area contributed by atoms with Crippen molar-refractivity contribution in [2.24, 2.45) is 0 Å². The van der Waals surface area contributed by atoms with Crippen LogP contribution < -0.4 is 4.74 Å². The van der Waals surface area contributed by atoms with E-state index in [0.717, 1.165) is 30.0 Å². The van der Waals surface area contributed by atoms with E-state index < -0.39 is 0 Å². The molecule has 0 fully saturated rings. The second-order valence-corrected chi connectivity index (χ2v) is 6.67. The van der Waals surface area contributed by atoms with Crippen LogP contribution in [-0.4, -0.2) is 38.7 Å². The van der Waals surface area contributed by atoms with Gasteiger partial charge in [0.15, 0.2) is 0 Å². The first kappa shape index (κ1) is 17.4. The third-order valence-corrected chi connectivity index (χ3v) is 5.08. The number of rotatable bonds is 5. The summed E-state index contributed by atoms with van der Waals surface area (Å²) in [6.45, 7) is 6.24. The molecule has 3 aromatic rings. The van der Waals surface area contributed by atoms with Crippen LogP contribution >= 0.6 is 0 Å². The molecule has 4 rings (SSSR count). The summed E-state index contributed by atoms with van der Waals surface area (Å²) in [7, 11) is 0. The van der Waals surface area contributed by atoms with Crippen LogP contribution in [-0.2, 0) is 6.54 Å². The first-order valence-electron chi connectivity index (χ1n) is 9.46. The van der Waals surface area contributed by atoms with Crippen LogP contribution in [0, 0.1) is 0 Å². The maximum absolute atomic E-state index is 13.1. The Morgan fingerprint density at radius 2 is 2.04 bits per heavy atom. The number of ether oxygens (including phenoxy) is 1. The van der Waals surface area contributed by atoms with E-state index in [-0.39, 0.29) is 11.9 Å². The van der Waals surface area contributed by atoms with Crippen LogP contribution in [0.5, 0.6) is 5.75 Å². The van der Waals surface area contributed by atoms with Gasteiger partial charge in [-0.25, -0.2) is 0 Å². The van der Waals surface area contributed by atoms with Gasteiger partial charge in [-0.2, -0.15) is 5.10 Å². The zero-order valence-electron chi connectivity index (χ0n) is 15.7. The number of fused-ring (bicyclic) bond motifs is 1. The maximum Gasteiger partial charge on any atom is 0.272 e. The highest BCUT2D eigenvalue weighted by molar-refractivity contribution is 5.93. The number of benzene rings is 1. The molecule has 0 saturated carbocycles. The lowest BCUT2D eigenvalue weighted by Gasteiger charge is -2.36. The minimum Gasteiger partial charge on any atom is -0.494 e. The van der Waals surface area contributed by atoms with E-state index >= 15 is 0 Å². The van der Waals surface area contributed by atoms with E-state index in [0.29, 0.717) is 18.8 Å². The molecule has 6 heteroatoms. The third kappa shape index (κ3) is 3.23. The quantitative estimate of drug-likeness (QED) is 0.747. The Balaban J connectivity index is 1.55. The molecule has 1 amide bonds. The minimum absolute atomic E-state index is 0.000938. The highest BCUT2D eigenvalue weighted by Gasteiger charge is 2.31. The maximum atomic E-state index is 13.1. The number of aromatic nitrogens is 3. The number of nitrogens with zero attached hydrogens (tertiary/aromatic N) is 3. The van der Waals surface area contributed by atoms with Gasteiger partial charge in [-0.3, -0.25) is 9.89 Å². The summed E-state index contributed by atoms with van der Waals surface area (Å²) in [5.74, 6) is 0.828. The van der Waals surface area contributed by atoms with Crippen LogP contribution in [0.3, 0.4) is 0 Å². The summed E-state index contributed by atoms with van der Waals surface area (Å²) in [6, 6.07) is 13.8. The van der Waals surface area contributed by atoms with E-state index in [9.17, 15) is 4.79 Å². The number of H-pyrrole nitrogens is 1. The fraction of sp³-hybridized carbons (Fsp3) is 0.333. The largest absolute Gasteiger partial charge is 0.494 e. The summed E-state index contributed by atoms with van der Waals surface area (Å²) in [5, 5.41) is 7.27. The zero-order valence-corrected chi connectivity index (χ0v) is 15.7. The van der Waals surface area contributed by atoms with Crippen molar-refractivity contribution >= 4 is 5.91 Å². The Bertz CT molecular complexity index is 926. The minimum atomic E-state index is -0.000938. The van der Waals surface area contributed by atoms with Gasteiger partial charge in [-0.1, -0.05) is 6.92 Å². The summed E-state index contributed by atoms with van der Waals surface area (Å²) in [6.07, 6.45) is 2.97. The van der Waals surface area contributed by atoms with Crippen molar-refractivity contribution in [1.29, 1.82) is 0 Å². The molecule has 140 valence electrons. The summed E-state index contributed by atoms with van der Waals surface area (Å²) in [5.41, 5.74) is 3.43. The summed E-state index contributed by atoms with van der Waals surface area (Å²) in [4.78, 5) is 15.1. The standard InChI is InChI=1S/C21H24N4O2/c1-3-19-20-6-5-11-24(20)12-13-25(19)21(26)18-14-17(22-23-18)15-7-9-16(10-8-15)27-4-2/h5-11,14,19H,3-4,12-13H2,1-2H3,(H,22,23)/t19-/m0/s1. The second-order valence-electron chi connectivity index (χ2n) is 6.67. The van der Waals surface area contributed by atoms with Gasteiger partial charge in [0.25, 0.3) is 5.91 Å². The lowest BCUT2D eigenvalue weighted by Crippen LogP contribution is -2.41. The molecule has 0 radical (unpaired) electrons. The van der Waals surface area contributed by atoms with Gasteiger partial charge >= 0.3 is 0 Å². The lowest BCUT2D eigenvalue weighted by molar-refractivity contribution is 0.0611. The molecule has 0 unspecified atom stereocenters. The van der Waals surface area contributed by atoms with Gasteiger partial charge < -0.3 is 14.2 Å². The van der Waals surface area contributed by atoms with E-state index in [1.54, 1.807) is 0 Å². The van der Waals surface area contributed by atoms with Gasteiger partial charge in [0.1, 0.15) is 11.4 Å². The molecule has 27 heavy (non-hydrogen) atoms. The molecule has 2 aromatic heterocycles. The first-order chi connectivity index (χ1) is 13.2. The molecular weight excluding hydrogens is 340 g/mol. The highest BCUT2D eigenvalue weighted by Crippen LogP contribution is 2.30. The smallest absolute Gasteiger partial charge is 0.272 e. The molecule has 0 aliphatic carbocycles. The first-order valence-corrected chi connectivity index (χ1v) is 9.46. The molecule has 0 bridgehead atoms. The molecule has 0 saturated heterocycles. The third-order valence-electron chi connectivity index (χ3n) is 5.08. The normalized spacial score (nSPS) is 16.2. The van der Waals surface area contributed by atoms with Crippen molar-refractivity contribution in [3.63, 3.8) is 0 Å². The van der Waals surface area contributed by atoms with E-state index in [2.05, 4.69) is 34.0 Å². The van der Waals surface area contributed by atoms with Crippen molar-refractivity contribution in [3.05, 3.63) is 60.0 Å². The van der Waals surface area contributed by atoms with Crippen LogP contribution in [0.4, 0.5) is 0 Å². The molecule has 1 aliphatic heterocycles.